The maximum atomic E-state index is 11.4. The molecule has 2 aliphatic heterocycles. The zero-order valence-corrected chi connectivity index (χ0v) is 13.4. The van der Waals surface area contributed by atoms with E-state index in [4.69, 9.17) is 0 Å². The van der Waals surface area contributed by atoms with E-state index in [-0.39, 0.29) is 5.69 Å². The SMILES string of the molecule is COC(=O)c1ccc(N2CCC(N3CCCC3C)CC2)nn1. The molecule has 120 valence electrons. The summed E-state index contributed by atoms with van der Waals surface area (Å²) in [4.78, 5) is 16.3. The van der Waals surface area contributed by atoms with Crippen LogP contribution < -0.4 is 4.90 Å². The van der Waals surface area contributed by atoms with E-state index >= 15 is 0 Å². The van der Waals surface area contributed by atoms with Gasteiger partial charge in [0.25, 0.3) is 0 Å². The largest absolute Gasteiger partial charge is 0.464 e. The Labute approximate surface area is 131 Å². The van der Waals surface area contributed by atoms with Crippen molar-refractivity contribution in [2.45, 2.75) is 44.7 Å². The van der Waals surface area contributed by atoms with Gasteiger partial charge in [0, 0.05) is 25.2 Å². The van der Waals surface area contributed by atoms with E-state index in [9.17, 15) is 4.79 Å². The number of hydrogen-bond acceptors (Lipinski definition) is 6. The topological polar surface area (TPSA) is 58.6 Å². The zero-order chi connectivity index (χ0) is 15.5. The number of aromatic nitrogens is 2. The molecule has 1 aromatic heterocycles. The van der Waals surface area contributed by atoms with E-state index < -0.39 is 5.97 Å². The van der Waals surface area contributed by atoms with Crippen molar-refractivity contribution in [2.75, 3.05) is 31.6 Å². The van der Waals surface area contributed by atoms with Crippen molar-refractivity contribution >= 4 is 11.8 Å². The van der Waals surface area contributed by atoms with Crippen LogP contribution in [0.2, 0.25) is 0 Å². The molecule has 0 amide bonds. The fourth-order valence-electron chi connectivity index (χ4n) is 3.63. The number of likely N-dealkylation sites (tertiary alicyclic amines) is 1. The number of ether oxygens (including phenoxy) is 1. The molecule has 2 fully saturated rings. The van der Waals surface area contributed by atoms with Crippen molar-refractivity contribution in [1.29, 1.82) is 0 Å². The summed E-state index contributed by atoms with van der Waals surface area (Å²) in [5, 5.41) is 8.13. The Hall–Kier alpha value is -1.69. The minimum Gasteiger partial charge on any atom is -0.464 e. The number of rotatable bonds is 3. The van der Waals surface area contributed by atoms with Gasteiger partial charge in [-0.15, -0.1) is 10.2 Å². The molecule has 2 saturated heterocycles. The molecule has 0 aromatic carbocycles. The van der Waals surface area contributed by atoms with Gasteiger partial charge in [-0.1, -0.05) is 0 Å². The average Bonchev–Trinajstić information content (AvgIpc) is 3.00. The number of carbonyl (C=O) groups excluding carboxylic acids is 1. The molecule has 0 bridgehead atoms. The molecule has 2 aliphatic rings. The molecule has 6 heteroatoms. The molecule has 22 heavy (non-hydrogen) atoms. The molecule has 0 radical (unpaired) electrons. The number of carbonyl (C=O) groups is 1. The second kappa shape index (κ2) is 6.60. The van der Waals surface area contributed by atoms with Gasteiger partial charge in [0.15, 0.2) is 11.5 Å². The molecule has 6 nitrogen and oxygen atoms in total. The second-order valence-corrected chi connectivity index (χ2v) is 6.22. The van der Waals surface area contributed by atoms with Gasteiger partial charge >= 0.3 is 5.97 Å². The van der Waals surface area contributed by atoms with Crippen LogP contribution in [0.4, 0.5) is 5.82 Å². The van der Waals surface area contributed by atoms with Crippen molar-refractivity contribution in [2.24, 2.45) is 0 Å². The molecule has 3 heterocycles. The molecule has 0 spiro atoms. The van der Waals surface area contributed by atoms with Crippen molar-refractivity contribution in [3.05, 3.63) is 17.8 Å². The first kappa shape index (κ1) is 15.2. The van der Waals surface area contributed by atoms with Crippen LogP contribution in [0, 0.1) is 0 Å². The first-order valence-corrected chi connectivity index (χ1v) is 8.12. The van der Waals surface area contributed by atoms with Gasteiger partial charge in [-0.25, -0.2) is 4.79 Å². The summed E-state index contributed by atoms with van der Waals surface area (Å²) in [6.45, 7) is 5.59. The Morgan fingerprint density at radius 1 is 1.18 bits per heavy atom. The van der Waals surface area contributed by atoms with Crippen LogP contribution in [-0.2, 0) is 4.74 Å². The number of anilines is 1. The minimum absolute atomic E-state index is 0.257. The van der Waals surface area contributed by atoms with Crippen LogP contribution in [-0.4, -0.2) is 59.9 Å². The van der Waals surface area contributed by atoms with Crippen molar-refractivity contribution < 1.29 is 9.53 Å². The number of esters is 1. The maximum absolute atomic E-state index is 11.4. The summed E-state index contributed by atoms with van der Waals surface area (Å²) in [7, 11) is 1.35. The summed E-state index contributed by atoms with van der Waals surface area (Å²) in [5.41, 5.74) is 0.257. The summed E-state index contributed by atoms with van der Waals surface area (Å²) in [5.74, 6) is 0.404. The Morgan fingerprint density at radius 3 is 2.50 bits per heavy atom. The van der Waals surface area contributed by atoms with Gasteiger partial charge in [-0.05, 0) is 51.3 Å². The van der Waals surface area contributed by atoms with E-state index in [0.717, 1.165) is 24.9 Å². The second-order valence-electron chi connectivity index (χ2n) is 6.22. The summed E-state index contributed by atoms with van der Waals surface area (Å²) in [6, 6.07) is 4.98. The Morgan fingerprint density at radius 2 is 1.95 bits per heavy atom. The fourth-order valence-corrected chi connectivity index (χ4v) is 3.63. The molecule has 1 unspecified atom stereocenters. The quantitative estimate of drug-likeness (QED) is 0.793. The third-order valence-electron chi connectivity index (χ3n) is 4.91. The third kappa shape index (κ3) is 3.06. The highest BCUT2D eigenvalue weighted by atomic mass is 16.5. The fraction of sp³-hybridized carbons (Fsp3) is 0.688. The Kier molecular flexibility index (Phi) is 4.57. The highest BCUT2D eigenvalue weighted by molar-refractivity contribution is 5.86. The first-order valence-electron chi connectivity index (χ1n) is 8.12. The van der Waals surface area contributed by atoms with Crippen LogP contribution in [0.3, 0.4) is 0 Å². The molecule has 1 atom stereocenters. The lowest BCUT2D eigenvalue weighted by Crippen LogP contribution is -2.46. The first-order chi connectivity index (χ1) is 10.7. The van der Waals surface area contributed by atoms with Crippen LogP contribution in [0.25, 0.3) is 0 Å². The minimum atomic E-state index is -0.444. The molecular formula is C16H24N4O2. The monoisotopic (exact) mass is 304 g/mol. The standard InChI is InChI=1S/C16H24N4O2/c1-12-4-3-9-20(12)13-7-10-19(11-8-13)15-6-5-14(17-18-15)16(21)22-2/h5-6,12-13H,3-4,7-11H2,1-2H3. The van der Waals surface area contributed by atoms with Crippen LogP contribution >= 0.6 is 0 Å². The highest BCUT2D eigenvalue weighted by Crippen LogP contribution is 2.27. The number of methoxy groups -OCH3 is 1. The predicted octanol–water partition coefficient (Wildman–Crippen LogP) is 1.72. The number of piperidine rings is 1. The van der Waals surface area contributed by atoms with Gasteiger partial charge in [0.05, 0.1) is 7.11 Å². The summed E-state index contributed by atoms with van der Waals surface area (Å²) >= 11 is 0. The molecule has 0 N–H and O–H groups in total. The third-order valence-corrected chi connectivity index (χ3v) is 4.91. The summed E-state index contributed by atoms with van der Waals surface area (Å²) in [6.07, 6.45) is 5.01. The van der Waals surface area contributed by atoms with Crippen molar-refractivity contribution in [1.82, 2.24) is 15.1 Å². The lowest BCUT2D eigenvalue weighted by Gasteiger charge is -2.38. The van der Waals surface area contributed by atoms with E-state index in [2.05, 4.69) is 31.7 Å². The molecule has 0 saturated carbocycles. The number of hydrogen-bond donors (Lipinski definition) is 0. The molecule has 1 aromatic rings. The van der Waals surface area contributed by atoms with Crippen molar-refractivity contribution in [3.8, 4) is 0 Å². The normalized spacial score (nSPS) is 23.7. The average molecular weight is 304 g/mol. The van der Waals surface area contributed by atoms with Crippen LogP contribution in [0.5, 0.6) is 0 Å². The van der Waals surface area contributed by atoms with Gasteiger partial charge in [0.2, 0.25) is 0 Å². The highest BCUT2D eigenvalue weighted by Gasteiger charge is 2.30. The van der Waals surface area contributed by atoms with Gasteiger partial charge in [-0.3, -0.25) is 4.90 Å². The predicted molar refractivity (Wildman–Crippen MR) is 84.0 cm³/mol. The molecular weight excluding hydrogens is 280 g/mol. The van der Waals surface area contributed by atoms with Crippen molar-refractivity contribution in [3.63, 3.8) is 0 Å². The van der Waals surface area contributed by atoms with E-state index in [1.165, 1.54) is 39.3 Å². The Balaban J connectivity index is 1.58. The zero-order valence-electron chi connectivity index (χ0n) is 13.4. The van der Waals surface area contributed by atoms with Gasteiger partial charge < -0.3 is 9.64 Å². The lowest BCUT2D eigenvalue weighted by atomic mass is 10.0. The van der Waals surface area contributed by atoms with Gasteiger partial charge in [-0.2, -0.15) is 0 Å². The molecule has 0 aliphatic carbocycles. The summed E-state index contributed by atoms with van der Waals surface area (Å²) < 4.78 is 4.64. The van der Waals surface area contributed by atoms with Crippen LogP contribution in [0.1, 0.15) is 43.1 Å². The maximum Gasteiger partial charge on any atom is 0.358 e. The van der Waals surface area contributed by atoms with E-state index in [1.807, 2.05) is 6.07 Å². The molecule has 3 rings (SSSR count). The van der Waals surface area contributed by atoms with Crippen LogP contribution in [0.15, 0.2) is 12.1 Å². The van der Waals surface area contributed by atoms with Gasteiger partial charge in [0.1, 0.15) is 0 Å². The lowest BCUT2D eigenvalue weighted by molar-refractivity contribution is 0.0592. The Bertz CT molecular complexity index is 511. The smallest absolute Gasteiger partial charge is 0.358 e. The van der Waals surface area contributed by atoms with E-state index in [1.54, 1.807) is 6.07 Å². The van der Waals surface area contributed by atoms with E-state index in [0.29, 0.717) is 6.04 Å². The number of nitrogens with zero attached hydrogens (tertiary/aromatic N) is 4.